The van der Waals surface area contributed by atoms with Crippen LogP contribution in [-0.4, -0.2) is 27.4 Å². The Morgan fingerprint density at radius 1 is 0.885 bits per heavy atom. The maximum absolute atomic E-state index is 12.8. The van der Waals surface area contributed by atoms with Crippen LogP contribution in [0.5, 0.6) is 0 Å². The van der Waals surface area contributed by atoms with Crippen molar-refractivity contribution in [1.29, 1.82) is 0 Å². The van der Waals surface area contributed by atoms with Gasteiger partial charge >= 0.3 is 7.82 Å². The molecular formula is C20H41O4PSi. The SMILES string of the molecule is CCCCC(C#C[Si](C(C)C)(C(C)C)C(C)C)OP(=O)(OCC)OCC. The molecule has 0 saturated heterocycles. The Bertz CT molecular complexity index is 462. The van der Waals surface area contributed by atoms with E-state index in [1.165, 1.54) is 0 Å². The van der Waals surface area contributed by atoms with Crippen molar-refractivity contribution >= 4 is 15.9 Å². The highest BCUT2D eigenvalue weighted by Gasteiger charge is 2.42. The van der Waals surface area contributed by atoms with Crippen molar-refractivity contribution in [3.05, 3.63) is 0 Å². The molecule has 4 nitrogen and oxygen atoms in total. The minimum atomic E-state index is -3.56. The van der Waals surface area contributed by atoms with Crippen molar-refractivity contribution in [2.75, 3.05) is 13.2 Å². The van der Waals surface area contributed by atoms with Crippen LogP contribution in [0.25, 0.3) is 0 Å². The van der Waals surface area contributed by atoms with Gasteiger partial charge in [-0.25, -0.2) is 4.57 Å². The Hall–Kier alpha value is -0.113. The lowest BCUT2D eigenvalue weighted by atomic mass is 10.2. The van der Waals surface area contributed by atoms with Gasteiger partial charge in [0.25, 0.3) is 0 Å². The molecule has 0 spiro atoms. The summed E-state index contributed by atoms with van der Waals surface area (Å²) in [5.74, 6) is 3.37. The number of hydrogen-bond acceptors (Lipinski definition) is 4. The second-order valence-electron chi connectivity index (χ2n) is 7.69. The average molecular weight is 405 g/mol. The summed E-state index contributed by atoms with van der Waals surface area (Å²) in [6.45, 7) is 20.0. The average Bonchev–Trinajstić information content (AvgIpc) is 2.52. The molecule has 154 valence electrons. The zero-order chi connectivity index (χ0) is 20.4. The van der Waals surface area contributed by atoms with Crippen LogP contribution in [0.4, 0.5) is 0 Å². The fourth-order valence-electron chi connectivity index (χ4n) is 3.75. The number of hydrogen-bond donors (Lipinski definition) is 0. The van der Waals surface area contributed by atoms with E-state index < -0.39 is 22.0 Å². The van der Waals surface area contributed by atoms with Crippen LogP contribution in [0.1, 0.15) is 81.6 Å². The molecule has 0 amide bonds. The molecule has 0 bridgehead atoms. The second kappa shape index (κ2) is 12.4. The van der Waals surface area contributed by atoms with Gasteiger partial charge in [-0.1, -0.05) is 67.2 Å². The lowest BCUT2D eigenvalue weighted by molar-refractivity contribution is 0.1000. The molecule has 0 N–H and O–H groups in total. The van der Waals surface area contributed by atoms with Crippen LogP contribution in [0.3, 0.4) is 0 Å². The van der Waals surface area contributed by atoms with E-state index in [1.54, 1.807) is 13.8 Å². The third-order valence-electron chi connectivity index (χ3n) is 4.97. The van der Waals surface area contributed by atoms with Gasteiger partial charge in [-0.15, -0.1) is 5.54 Å². The highest BCUT2D eigenvalue weighted by atomic mass is 31.2. The Labute approximate surface area is 163 Å². The number of rotatable bonds is 12. The molecule has 0 aromatic carbocycles. The van der Waals surface area contributed by atoms with Crippen molar-refractivity contribution < 1.29 is 18.1 Å². The third-order valence-corrected chi connectivity index (χ3v) is 12.9. The second-order valence-corrected chi connectivity index (χ2v) is 14.9. The molecule has 0 aliphatic rings. The van der Waals surface area contributed by atoms with E-state index >= 15 is 0 Å². The summed E-state index contributed by atoms with van der Waals surface area (Å²) in [6.07, 6.45) is 2.34. The molecule has 0 rings (SSSR count). The summed E-state index contributed by atoms with van der Waals surface area (Å²) < 4.78 is 29.2. The first-order valence-electron chi connectivity index (χ1n) is 10.2. The monoisotopic (exact) mass is 404 g/mol. The maximum Gasteiger partial charge on any atom is 0.475 e. The number of unbranched alkanes of at least 4 members (excludes halogenated alkanes) is 1. The summed E-state index contributed by atoms with van der Waals surface area (Å²) in [5.41, 5.74) is 5.32. The quantitative estimate of drug-likeness (QED) is 0.200. The van der Waals surface area contributed by atoms with Crippen molar-refractivity contribution in [2.45, 2.75) is 104 Å². The van der Waals surface area contributed by atoms with Gasteiger partial charge < -0.3 is 0 Å². The van der Waals surface area contributed by atoms with Gasteiger partial charge in [0.15, 0.2) is 0 Å². The smallest absolute Gasteiger partial charge is 0.287 e. The molecule has 0 aliphatic heterocycles. The van der Waals surface area contributed by atoms with Gasteiger partial charge in [-0.05, 0) is 36.9 Å². The van der Waals surface area contributed by atoms with Crippen molar-refractivity contribution in [2.24, 2.45) is 0 Å². The van der Waals surface area contributed by atoms with Gasteiger partial charge in [0.05, 0.1) is 13.2 Å². The normalized spacial score (nSPS) is 14.0. The lowest BCUT2D eigenvalue weighted by Crippen LogP contribution is -2.43. The predicted molar refractivity (Wildman–Crippen MR) is 114 cm³/mol. The van der Waals surface area contributed by atoms with Gasteiger partial charge in [-0.3, -0.25) is 13.6 Å². The molecule has 0 radical (unpaired) electrons. The van der Waals surface area contributed by atoms with Gasteiger partial charge in [0.2, 0.25) is 0 Å². The fraction of sp³-hybridized carbons (Fsp3) is 0.900. The van der Waals surface area contributed by atoms with Gasteiger partial charge in [-0.2, -0.15) is 0 Å². The van der Waals surface area contributed by atoms with E-state index in [-0.39, 0.29) is 13.2 Å². The Kier molecular flexibility index (Phi) is 12.3. The molecule has 1 atom stereocenters. The highest BCUT2D eigenvalue weighted by Crippen LogP contribution is 2.51. The highest BCUT2D eigenvalue weighted by molar-refractivity contribution is 7.48. The number of phosphoric ester groups is 1. The Morgan fingerprint density at radius 3 is 1.69 bits per heavy atom. The van der Waals surface area contributed by atoms with Gasteiger partial charge in [0.1, 0.15) is 14.2 Å². The van der Waals surface area contributed by atoms with Crippen LogP contribution in [0, 0.1) is 11.5 Å². The maximum atomic E-state index is 12.8. The van der Waals surface area contributed by atoms with E-state index in [9.17, 15) is 4.57 Å². The van der Waals surface area contributed by atoms with Crippen LogP contribution >= 0.6 is 7.82 Å². The van der Waals surface area contributed by atoms with E-state index in [4.69, 9.17) is 13.6 Å². The first-order chi connectivity index (χ1) is 12.1. The molecule has 0 heterocycles. The van der Waals surface area contributed by atoms with Crippen molar-refractivity contribution in [3.8, 4) is 11.5 Å². The van der Waals surface area contributed by atoms with Gasteiger partial charge in [0, 0.05) is 0 Å². The lowest BCUT2D eigenvalue weighted by Gasteiger charge is -2.38. The summed E-state index contributed by atoms with van der Waals surface area (Å²) in [7, 11) is -5.41. The zero-order valence-corrected chi connectivity index (χ0v) is 20.3. The molecule has 6 heteroatoms. The molecular weight excluding hydrogens is 363 g/mol. The molecule has 0 aromatic heterocycles. The Morgan fingerprint density at radius 2 is 1.35 bits per heavy atom. The van der Waals surface area contributed by atoms with E-state index in [0.717, 1.165) is 19.3 Å². The van der Waals surface area contributed by atoms with E-state index in [2.05, 4.69) is 59.9 Å². The Balaban J connectivity index is 5.76. The van der Waals surface area contributed by atoms with Crippen LogP contribution in [0.15, 0.2) is 0 Å². The summed E-state index contributed by atoms with van der Waals surface area (Å²) in [4.78, 5) is 0. The minimum Gasteiger partial charge on any atom is -0.287 e. The molecule has 0 aromatic rings. The topological polar surface area (TPSA) is 44.8 Å². The van der Waals surface area contributed by atoms with Crippen molar-refractivity contribution in [1.82, 2.24) is 0 Å². The zero-order valence-electron chi connectivity index (χ0n) is 18.4. The summed E-state index contributed by atoms with van der Waals surface area (Å²) in [5, 5.41) is 0. The van der Waals surface area contributed by atoms with Crippen molar-refractivity contribution in [3.63, 3.8) is 0 Å². The summed E-state index contributed by atoms with van der Waals surface area (Å²) in [6, 6.07) is 0. The molecule has 26 heavy (non-hydrogen) atoms. The van der Waals surface area contributed by atoms with E-state index in [1.807, 2.05) is 0 Å². The predicted octanol–water partition coefficient (Wildman–Crippen LogP) is 6.96. The van der Waals surface area contributed by atoms with Crippen LogP contribution < -0.4 is 0 Å². The molecule has 0 fully saturated rings. The summed E-state index contributed by atoms with van der Waals surface area (Å²) >= 11 is 0. The molecule has 0 aliphatic carbocycles. The standard InChI is InChI=1S/C20H41O4PSi/c1-10-13-14-20(24-25(21,22-11-2)23-12-3)15-16-26(17(4)5,18(6)7)19(8)9/h17-20H,10-14H2,1-9H3. The largest absolute Gasteiger partial charge is 0.475 e. The van der Waals surface area contributed by atoms with E-state index in [0.29, 0.717) is 16.6 Å². The minimum absolute atomic E-state index is 0.286. The first-order valence-corrected chi connectivity index (χ1v) is 13.9. The van der Waals surface area contributed by atoms with Crippen LogP contribution in [-0.2, 0) is 18.1 Å². The molecule has 0 saturated carbocycles. The molecule has 1 unspecified atom stereocenters. The first kappa shape index (κ1) is 25.9. The van der Waals surface area contributed by atoms with Crippen LogP contribution in [0.2, 0.25) is 16.6 Å². The fourth-order valence-corrected chi connectivity index (χ4v) is 10.3. The number of phosphoric acid groups is 1. The third kappa shape index (κ3) is 7.48.